The molecule has 0 aliphatic carbocycles. The first-order chi connectivity index (χ1) is 7.49. The van der Waals surface area contributed by atoms with Crippen molar-refractivity contribution in [2.24, 2.45) is 0 Å². The summed E-state index contributed by atoms with van der Waals surface area (Å²) in [6, 6.07) is 0. The van der Waals surface area contributed by atoms with Gasteiger partial charge in [-0.1, -0.05) is 6.92 Å². The van der Waals surface area contributed by atoms with Crippen LogP contribution in [-0.2, 0) is 11.3 Å². The van der Waals surface area contributed by atoms with Crippen LogP contribution >= 0.6 is 0 Å². The molecule has 0 spiro atoms. The Hall–Kier alpha value is -1.36. The molecule has 0 amide bonds. The second-order valence-corrected chi connectivity index (χ2v) is 4.17. The van der Waals surface area contributed by atoms with Crippen molar-refractivity contribution in [3.05, 3.63) is 18.2 Å². The number of nitrogens with zero attached hydrogens (tertiary/aromatic N) is 2. The molecule has 0 aliphatic rings. The first kappa shape index (κ1) is 12.7. The maximum absolute atomic E-state index is 11.3. The highest BCUT2D eigenvalue weighted by molar-refractivity contribution is 5.78. The van der Waals surface area contributed by atoms with Crippen molar-refractivity contribution in [2.45, 2.75) is 39.3 Å². The molecule has 16 heavy (non-hydrogen) atoms. The van der Waals surface area contributed by atoms with Crippen molar-refractivity contribution in [3.8, 4) is 0 Å². The van der Waals surface area contributed by atoms with E-state index in [1.54, 1.807) is 19.3 Å². The number of carboxylic acid groups (broad SMARTS) is 1. The lowest BCUT2D eigenvalue weighted by Gasteiger charge is -2.27. The number of aryl methyl sites for hydroxylation is 1. The number of hydrogen-bond acceptors (Lipinski definition) is 3. The minimum Gasteiger partial charge on any atom is -0.480 e. The molecule has 0 radical (unpaired) electrons. The Labute approximate surface area is 95.5 Å². The molecule has 5 nitrogen and oxygen atoms in total. The first-order valence-electron chi connectivity index (χ1n) is 5.46. The van der Waals surface area contributed by atoms with Crippen LogP contribution in [0.15, 0.2) is 12.4 Å². The largest absolute Gasteiger partial charge is 0.480 e. The number of rotatable bonds is 6. The van der Waals surface area contributed by atoms with E-state index < -0.39 is 11.5 Å². The van der Waals surface area contributed by atoms with Gasteiger partial charge < -0.3 is 15.0 Å². The summed E-state index contributed by atoms with van der Waals surface area (Å²) in [6.45, 7) is 6.65. The van der Waals surface area contributed by atoms with Crippen LogP contribution in [0, 0.1) is 6.92 Å². The molecule has 0 aromatic carbocycles. The molecule has 0 saturated heterocycles. The van der Waals surface area contributed by atoms with Gasteiger partial charge in [0.15, 0.2) is 0 Å². The third kappa shape index (κ3) is 2.82. The number of carbonyl (C=O) groups is 1. The molecule has 1 rings (SSSR count). The van der Waals surface area contributed by atoms with Gasteiger partial charge in [-0.3, -0.25) is 4.79 Å². The van der Waals surface area contributed by atoms with Crippen molar-refractivity contribution in [2.75, 3.05) is 6.54 Å². The second kappa shape index (κ2) is 5.12. The summed E-state index contributed by atoms with van der Waals surface area (Å²) >= 11 is 0. The minimum atomic E-state index is -0.943. The molecule has 1 aromatic heterocycles. The van der Waals surface area contributed by atoms with Gasteiger partial charge >= 0.3 is 5.97 Å². The predicted molar refractivity (Wildman–Crippen MR) is 61.3 cm³/mol. The van der Waals surface area contributed by atoms with E-state index in [9.17, 15) is 9.90 Å². The average molecular weight is 225 g/mol. The first-order valence-corrected chi connectivity index (χ1v) is 5.46. The van der Waals surface area contributed by atoms with E-state index >= 15 is 0 Å². The number of hydrogen-bond donors (Lipinski definition) is 2. The van der Waals surface area contributed by atoms with Crippen molar-refractivity contribution in [1.29, 1.82) is 0 Å². The van der Waals surface area contributed by atoms with E-state index in [4.69, 9.17) is 0 Å². The molecule has 1 unspecified atom stereocenters. The van der Waals surface area contributed by atoms with E-state index in [0.717, 1.165) is 12.2 Å². The van der Waals surface area contributed by atoms with Gasteiger partial charge in [-0.2, -0.15) is 0 Å². The Morgan fingerprint density at radius 2 is 2.38 bits per heavy atom. The Balaban J connectivity index is 2.79. The Kier molecular flexibility index (Phi) is 4.06. The zero-order chi connectivity index (χ0) is 12.2. The Morgan fingerprint density at radius 3 is 2.81 bits per heavy atom. The topological polar surface area (TPSA) is 67.2 Å². The van der Waals surface area contributed by atoms with Gasteiger partial charge in [0.1, 0.15) is 11.4 Å². The molecule has 1 aromatic rings. The zero-order valence-corrected chi connectivity index (χ0v) is 10.0. The van der Waals surface area contributed by atoms with Crippen LogP contribution in [0.3, 0.4) is 0 Å². The van der Waals surface area contributed by atoms with Gasteiger partial charge in [0.05, 0.1) is 6.54 Å². The number of aromatic nitrogens is 2. The summed E-state index contributed by atoms with van der Waals surface area (Å²) < 4.78 is 1.84. The Bertz CT molecular complexity index is 362. The number of carboxylic acids is 1. The normalized spacial score (nSPS) is 14.7. The molecule has 5 heteroatoms. The van der Waals surface area contributed by atoms with Gasteiger partial charge in [0.25, 0.3) is 0 Å². The van der Waals surface area contributed by atoms with Gasteiger partial charge in [0, 0.05) is 12.4 Å². The fourth-order valence-corrected chi connectivity index (χ4v) is 1.51. The van der Waals surface area contributed by atoms with Crippen LogP contribution in [0.4, 0.5) is 0 Å². The van der Waals surface area contributed by atoms with Crippen LogP contribution in [0.1, 0.15) is 26.1 Å². The van der Waals surface area contributed by atoms with Gasteiger partial charge in [0.2, 0.25) is 0 Å². The zero-order valence-electron chi connectivity index (χ0n) is 10.0. The van der Waals surface area contributed by atoms with Gasteiger partial charge in [-0.15, -0.1) is 0 Å². The van der Waals surface area contributed by atoms with Crippen LogP contribution < -0.4 is 5.32 Å². The van der Waals surface area contributed by atoms with Gasteiger partial charge in [-0.25, -0.2) is 4.98 Å². The monoisotopic (exact) mass is 225 g/mol. The highest BCUT2D eigenvalue weighted by atomic mass is 16.4. The maximum Gasteiger partial charge on any atom is 0.325 e. The molecular formula is C11H19N3O2. The molecular weight excluding hydrogens is 206 g/mol. The third-order valence-electron chi connectivity index (χ3n) is 2.65. The molecule has 1 atom stereocenters. The van der Waals surface area contributed by atoms with Gasteiger partial charge in [-0.05, 0) is 26.8 Å². The SMILES string of the molecule is CCCNC(C)(Cn1ccnc1C)C(=O)O. The standard InChI is InChI=1S/C11H19N3O2/c1-4-5-13-11(3,10(15)16)8-14-7-6-12-9(14)2/h6-7,13H,4-5,8H2,1-3H3,(H,15,16). The summed E-state index contributed by atoms with van der Waals surface area (Å²) in [5, 5.41) is 12.3. The quantitative estimate of drug-likeness (QED) is 0.759. The fraction of sp³-hybridized carbons (Fsp3) is 0.636. The highest BCUT2D eigenvalue weighted by Gasteiger charge is 2.32. The molecule has 1 heterocycles. The predicted octanol–water partition coefficient (Wildman–Crippen LogP) is 1.03. The van der Waals surface area contributed by atoms with Crippen molar-refractivity contribution < 1.29 is 9.90 Å². The average Bonchev–Trinajstić information content (AvgIpc) is 2.61. The second-order valence-electron chi connectivity index (χ2n) is 4.17. The van der Waals surface area contributed by atoms with Crippen LogP contribution in [0.25, 0.3) is 0 Å². The smallest absolute Gasteiger partial charge is 0.325 e. The van der Waals surface area contributed by atoms with E-state index in [0.29, 0.717) is 13.1 Å². The Morgan fingerprint density at radius 1 is 1.69 bits per heavy atom. The molecule has 90 valence electrons. The molecule has 0 aliphatic heterocycles. The maximum atomic E-state index is 11.3. The molecule has 0 bridgehead atoms. The van der Waals surface area contributed by atoms with Crippen molar-refractivity contribution in [3.63, 3.8) is 0 Å². The lowest BCUT2D eigenvalue weighted by molar-refractivity contribution is -0.144. The van der Waals surface area contributed by atoms with E-state index in [2.05, 4.69) is 10.3 Å². The van der Waals surface area contributed by atoms with E-state index in [-0.39, 0.29) is 0 Å². The van der Waals surface area contributed by atoms with Crippen molar-refractivity contribution >= 4 is 5.97 Å². The van der Waals surface area contributed by atoms with E-state index in [1.165, 1.54) is 0 Å². The number of nitrogens with one attached hydrogen (secondary N) is 1. The van der Waals surface area contributed by atoms with Crippen molar-refractivity contribution in [1.82, 2.24) is 14.9 Å². The molecule has 0 fully saturated rings. The molecule has 0 saturated carbocycles. The fourth-order valence-electron chi connectivity index (χ4n) is 1.51. The number of imidazole rings is 1. The number of aliphatic carboxylic acids is 1. The minimum absolute atomic E-state index is 0.383. The van der Waals surface area contributed by atoms with Crippen LogP contribution in [0.2, 0.25) is 0 Å². The highest BCUT2D eigenvalue weighted by Crippen LogP contribution is 2.10. The third-order valence-corrected chi connectivity index (χ3v) is 2.65. The lowest BCUT2D eigenvalue weighted by atomic mass is 10.0. The van der Waals surface area contributed by atoms with Crippen LogP contribution in [-0.4, -0.2) is 32.7 Å². The van der Waals surface area contributed by atoms with E-state index in [1.807, 2.05) is 18.4 Å². The van der Waals surface area contributed by atoms with Crippen LogP contribution in [0.5, 0.6) is 0 Å². The summed E-state index contributed by atoms with van der Waals surface area (Å²) in [4.78, 5) is 15.4. The lowest BCUT2D eigenvalue weighted by Crippen LogP contribution is -2.52. The summed E-state index contributed by atoms with van der Waals surface area (Å²) in [5.74, 6) is -0.0141. The summed E-state index contributed by atoms with van der Waals surface area (Å²) in [7, 11) is 0. The summed E-state index contributed by atoms with van der Waals surface area (Å²) in [6.07, 6.45) is 4.38. The summed E-state index contributed by atoms with van der Waals surface area (Å²) in [5.41, 5.74) is -0.943. The molecule has 2 N–H and O–H groups in total.